The van der Waals surface area contributed by atoms with Crippen molar-refractivity contribution in [2.75, 3.05) is 31.5 Å². The topological polar surface area (TPSA) is 52.7 Å². The van der Waals surface area contributed by atoms with Crippen molar-refractivity contribution >= 4 is 29.2 Å². The summed E-state index contributed by atoms with van der Waals surface area (Å²) in [6, 6.07) is 3.08. The van der Waals surface area contributed by atoms with E-state index in [0.29, 0.717) is 23.6 Å². The highest BCUT2D eigenvalue weighted by atomic mass is 35.5. The second-order valence-corrected chi connectivity index (χ2v) is 6.46. The van der Waals surface area contributed by atoms with Crippen molar-refractivity contribution in [2.24, 2.45) is 0 Å². The molecule has 1 aromatic carbocycles. The first kappa shape index (κ1) is 20.4. The Morgan fingerprint density at radius 2 is 1.92 bits per heavy atom. The van der Waals surface area contributed by atoms with Gasteiger partial charge in [-0.3, -0.25) is 4.79 Å². The van der Waals surface area contributed by atoms with Crippen molar-refractivity contribution in [3.8, 4) is 0 Å². The van der Waals surface area contributed by atoms with Crippen LogP contribution >= 0.6 is 11.6 Å². The summed E-state index contributed by atoms with van der Waals surface area (Å²) in [5.74, 6) is -0.721. The number of urea groups is 1. The largest absolute Gasteiger partial charge is 0.406 e. The number of piperazine rings is 1. The average Bonchev–Trinajstić information content (AvgIpc) is 2.56. The van der Waals surface area contributed by atoms with Crippen LogP contribution in [-0.4, -0.2) is 54.1 Å². The third-order valence-corrected chi connectivity index (χ3v) is 4.64. The predicted octanol–water partition coefficient (Wildman–Crippen LogP) is 3.70. The molecule has 0 aliphatic carbocycles. The zero-order chi connectivity index (χ0) is 19.5. The molecule has 1 N–H and O–H groups in total. The number of amides is 3. The van der Waals surface area contributed by atoms with Gasteiger partial charge < -0.3 is 15.1 Å². The van der Waals surface area contributed by atoms with Crippen molar-refractivity contribution in [1.82, 2.24) is 9.80 Å². The summed E-state index contributed by atoms with van der Waals surface area (Å²) in [4.78, 5) is 26.4. The van der Waals surface area contributed by atoms with Crippen LogP contribution in [0.1, 0.15) is 25.0 Å². The fourth-order valence-electron chi connectivity index (χ4n) is 2.92. The van der Waals surface area contributed by atoms with E-state index in [4.69, 9.17) is 11.6 Å². The van der Waals surface area contributed by atoms with Crippen molar-refractivity contribution in [2.45, 2.75) is 32.9 Å². The minimum Gasteiger partial charge on any atom is -0.330 e. The maximum absolute atomic E-state index is 12.5. The van der Waals surface area contributed by atoms with Crippen LogP contribution in [0.15, 0.2) is 12.1 Å². The van der Waals surface area contributed by atoms with Gasteiger partial charge in [-0.1, -0.05) is 31.5 Å². The number of hydrogen-bond donors (Lipinski definition) is 1. The number of carbonyl (C=O) groups excluding carboxylic acids is 2. The Morgan fingerprint density at radius 1 is 1.23 bits per heavy atom. The van der Waals surface area contributed by atoms with E-state index in [0.717, 1.165) is 16.0 Å². The minimum absolute atomic E-state index is 0.0388. The highest BCUT2D eigenvalue weighted by molar-refractivity contribution is 6.32. The zero-order valence-corrected chi connectivity index (χ0v) is 15.4. The van der Waals surface area contributed by atoms with Gasteiger partial charge in [-0.05, 0) is 30.0 Å². The summed E-state index contributed by atoms with van der Waals surface area (Å²) < 4.78 is 37.4. The Hall–Kier alpha value is -1.96. The van der Waals surface area contributed by atoms with E-state index in [2.05, 4.69) is 5.32 Å². The van der Waals surface area contributed by atoms with Gasteiger partial charge in [0.15, 0.2) is 0 Å². The summed E-state index contributed by atoms with van der Waals surface area (Å²) >= 11 is 6.20. The first-order valence-corrected chi connectivity index (χ1v) is 8.74. The number of rotatable bonds is 4. The van der Waals surface area contributed by atoms with E-state index in [1.165, 1.54) is 4.90 Å². The number of halogens is 4. The van der Waals surface area contributed by atoms with E-state index in [1.807, 2.05) is 19.9 Å². The molecule has 1 saturated heterocycles. The van der Waals surface area contributed by atoms with Gasteiger partial charge in [0.2, 0.25) is 5.91 Å². The predicted molar refractivity (Wildman–Crippen MR) is 93.4 cm³/mol. The van der Waals surface area contributed by atoms with Gasteiger partial charge in [0.25, 0.3) is 0 Å². The number of carbonyl (C=O) groups is 2. The molecule has 0 atom stereocenters. The Labute approximate surface area is 155 Å². The lowest BCUT2D eigenvalue weighted by atomic mass is 10.0. The Kier molecular flexibility index (Phi) is 6.39. The van der Waals surface area contributed by atoms with Crippen molar-refractivity contribution in [3.63, 3.8) is 0 Å². The third kappa shape index (κ3) is 4.81. The smallest absolute Gasteiger partial charge is 0.330 e. The molecule has 0 unspecified atom stereocenters. The number of hydrogen-bond acceptors (Lipinski definition) is 2. The fraction of sp³-hybridized carbons (Fsp3) is 0.529. The molecule has 3 amide bonds. The molecule has 2 rings (SSSR count). The van der Waals surface area contributed by atoms with E-state index in [1.54, 1.807) is 6.07 Å². The lowest BCUT2D eigenvalue weighted by Gasteiger charge is -2.34. The number of benzene rings is 1. The molecule has 0 spiro atoms. The Bertz CT molecular complexity index is 695. The molecule has 1 aromatic rings. The van der Waals surface area contributed by atoms with Crippen LogP contribution in [0.25, 0.3) is 0 Å². The van der Waals surface area contributed by atoms with Gasteiger partial charge in [-0.2, -0.15) is 13.2 Å². The average molecular weight is 392 g/mol. The van der Waals surface area contributed by atoms with E-state index in [9.17, 15) is 22.8 Å². The molecular formula is C17H21ClF3N3O2. The Morgan fingerprint density at radius 3 is 2.46 bits per heavy atom. The van der Waals surface area contributed by atoms with E-state index in [-0.39, 0.29) is 19.6 Å². The van der Waals surface area contributed by atoms with Crippen LogP contribution in [0, 0.1) is 0 Å². The van der Waals surface area contributed by atoms with Gasteiger partial charge in [0, 0.05) is 18.1 Å². The molecule has 0 radical (unpaired) electrons. The maximum Gasteiger partial charge on any atom is 0.406 e. The second-order valence-electron chi connectivity index (χ2n) is 6.05. The van der Waals surface area contributed by atoms with Crippen molar-refractivity contribution in [3.05, 3.63) is 28.3 Å². The molecule has 1 aliphatic heterocycles. The van der Waals surface area contributed by atoms with Gasteiger partial charge in [0.05, 0.1) is 5.69 Å². The standard InChI is InChI=1S/C17H21ClF3N3O2/c1-3-11-5-6-13(18)12(4-2)15(11)22-16(26)23-7-8-24(14(25)9-23)10-17(19,20)21/h5-6H,3-4,7-10H2,1-2H3,(H,22,26). The maximum atomic E-state index is 12.5. The second kappa shape index (κ2) is 8.16. The third-order valence-electron chi connectivity index (χ3n) is 4.28. The van der Waals surface area contributed by atoms with Crippen molar-refractivity contribution in [1.29, 1.82) is 0 Å². The van der Waals surface area contributed by atoms with Crippen LogP contribution in [0.4, 0.5) is 23.7 Å². The molecule has 1 fully saturated rings. The van der Waals surface area contributed by atoms with Crippen LogP contribution < -0.4 is 5.32 Å². The zero-order valence-electron chi connectivity index (χ0n) is 14.6. The highest BCUT2D eigenvalue weighted by Crippen LogP contribution is 2.30. The minimum atomic E-state index is -4.45. The van der Waals surface area contributed by atoms with Crippen LogP contribution in [0.5, 0.6) is 0 Å². The lowest BCUT2D eigenvalue weighted by Crippen LogP contribution is -2.55. The Balaban J connectivity index is 2.10. The summed E-state index contributed by atoms with van der Waals surface area (Å²) in [5.41, 5.74) is 2.31. The summed E-state index contributed by atoms with van der Waals surface area (Å²) in [7, 11) is 0. The number of nitrogens with zero attached hydrogens (tertiary/aromatic N) is 2. The molecule has 1 aliphatic rings. The van der Waals surface area contributed by atoms with Crippen LogP contribution in [0.2, 0.25) is 5.02 Å². The normalized spacial score (nSPS) is 15.4. The van der Waals surface area contributed by atoms with Gasteiger partial charge >= 0.3 is 12.2 Å². The van der Waals surface area contributed by atoms with Crippen molar-refractivity contribution < 1.29 is 22.8 Å². The number of aryl methyl sites for hydroxylation is 1. The molecule has 0 bridgehead atoms. The molecule has 0 saturated carbocycles. The SMILES string of the molecule is CCc1ccc(Cl)c(CC)c1NC(=O)N1CCN(CC(F)(F)F)C(=O)C1. The molecule has 0 aromatic heterocycles. The van der Waals surface area contributed by atoms with Gasteiger partial charge in [-0.15, -0.1) is 0 Å². The number of anilines is 1. The summed E-state index contributed by atoms with van der Waals surface area (Å²) in [6.07, 6.45) is -3.16. The summed E-state index contributed by atoms with van der Waals surface area (Å²) in [6.45, 7) is 2.06. The first-order chi connectivity index (χ1) is 12.2. The molecule has 26 heavy (non-hydrogen) atoms. The molecular weight excluding hydrogens is 371 g/mol. The van der Waals surface area contributed by atoms with E-state index < -0.39 is 24.7 Å². The molecule has 5 nitrogen and oxygen atoms in total. The fourth-order valence-corrected chi connectivity index (χ4v) is 3.21. The molecule has 9 heteroatoms. The number of alkyl halides is 3. The summed E-state index contributed by atoms with van der Waals surface area (Å²) in [5, 5.41) is 3.32. The lowest BCUT2D eigenvalue weighted by molar-refractivity contribution is -0.164. The van der Waals surface area contributed by atoms with Crippen LogP contribution in [0.3, 0.4) is 0 Å². The number of nitrogens with one attached hydrogen (secondary N) is 1. The van der Waals surface area contributed by atoms with Gasteiger partial charge in [-0.25, -0.2) is 4.79 Å². The molecule has 1 heterocycles. The van der Waals surface area contributed by atoms with Gasteiger partial charge in [0.1, 0.15) is 13.1 Å². The first-order valence-electron chi connectivity index (χ1n) is 8.37. The van der Waals surface area contributed by atoms with E-state index >= 15 is 0 Å². The quantitative estimate of drug-likeness (QED) is 0.850. The molecule has 144 valence electrons. The highest BCUT2D eigenvalue weighted by Gasteiger charge is 2.36. The van der Waals surface area contributed by atoms with Crippen LogP contribution in [-0.2, 0) is 17.6 Å². The monoisotopic (exact) mass is 391 g/mol.